The third-order valence-electron chi connectivity index (χ3n) is 6.66. The number of amides is 1. The lowest BCUT2D eigenvalue weighted by Crippen LogP contribution is -2.51. The van der Waals surface area contributed by atoms with E-state index in [1.54, 1.807) is 18.2 Å². The van der Waals surface area contributed by atoms with E-state index < -0.39 is 0 Å². The van der Waals surface area contributed by atoms with Crippen LogP contribution in [-0.4, -0.2) is 34.4 Å². The minimum Gasteiger partial charge on any atom is -0.361 e. The Hall–Kier alpha value is -2.79. The molecule has 6 heteroatoms. The Kier molecular flexibility index (Phi) is 6.91. The summed E-state index contributed by atoms with van der Waals surface area (Å²) in [6, 6.07) is 24.2. The zero-order valence-electron chi connectivity index (χ0n) is 18.8. The van der Waals surface area contributed by atoms with E-state index >= 15 is 0 Å². The Morgan fingerprint density at radius 3 is 2.53 bits per heavy atom. The van der Waals surface area contributed by atoms with E-state index in [0.717, 1.165) is 31.3 Å². The van der Waals surface area contributed by atoms with E-state index in [1.165, 1.54) is 16.5 Å². The largest absolute Gasteiger partial charge is 0.361 e. The summed E-state index contributed by atoms with van der Waals surface area (Å²) >= 11 is 12.4. The molecule has 5 rings (SSSR count). The molecule has 0 spiro atoms. The number of halogens is 2. The van der Waals surface area contributed by atoms with Gasteiger partial charge in [-0.05, 0) is 54.7 Å². The first-order valence-electron chi connectivity index (χ1n) is 11.7. The van der Waals surface area contributed by atoms with Gasteiger partial charge in [0.25, 0.3) is 5.91 Å². The maximum atomic E-state index is 13.5. The molecular formula is C28H27Cl2N3O. The summed E-state index contributed by atoms with van der Waals surface area (Å²) in [6.07, 6.45) is 4.68. The van der Waals surface area contributed by atoms with Crippen LogP contribution in [0.5, 0.6) is 0 Å². The number of H-pyrrole nitrogens is 1. The number of hydrogen-bond acceptors (Lipinski definition) is 2. The second-order valence-corrected chi connectivity index (χ2v) is 9.83. The van der Waals surface area contributed by atoms with Gasteiger partial charge in [0.15, 0.2) is 0 Å². The first-order valence-corrected chi connectivity index (χ1v) is 12.4. The molecule has 0 saturated carbocycles. The van der Waals surface area contributed by atoms with Crippen molar-refractivity contribution in [3.05, 3.63) is 106 Å². The molecule has 1 saturated heterocycles. The topological polar surface area (TPSA) is 48.1 Å². The SMILES string of the molecule is O=C(c1cc(Cl)cc(Cl)c1)N1CC[C@H](NCc2c[nH]c3ccccc23)C[C@@H]1Cc1ccccc1. The van der Waals surface area contributed by atoms with Crippen LogP contribution in [0.4, 0.5) is 0 Å². The maximum absolute atomic E-state index is 13.5. The molecule has 4 nitrogen and oxygen atoms in total. The highest BCUT2D eigenvalue weighted by molar-refractivity contribution is 6.35. The number of carbonyl (C=O) groups excluding carboxylic acids is 1. The Morgan fingerprint density at radius 2 is 1.74 bits per heavy atom. The molecule has 1 aromatic heterocycles. The van der Waals surface area contributed by atoms with Crippen molar-refractivity contribution in [3.63, 3.8) is 0 Å². The van der Waals surface area contributed by atoms with Crippen LogP contribution in [0.15, 0.2) is 79.0 Å². The van der Waals surface area contributed by atoms with E-state index in [1.807, 2.05) is 29.2 Å². The van der Waals surface area contributed by atoms with E-state index in [4.69, 9.17) is 23.2 Å². The molecule has 1 aliphatic heterocycles. The average molecular weight is 492 g/mol. The number of rotatable bonds is 6. The third-order valence-corrected chi connectivity index (χ3v) is 7.09. The lowest BCUT2D eigenvalue weighted by atomic mass is 9.91. The first kappa shape index (κ1) is 23.0. The summed E-state index contributed by atoms with van der Waals surface area (Å²) < 4.78 is 0. The Balaban J connectivity index is 1.33. The number of nitrogens with one attached hydrogen (secondary N) is 2. The molecule has 0 radical (unpaired) electrons. The highest BCUT2D eigenvalue weighted by Crippen LogP contribution is 2.27. The van der Waals surface area contributed by atoms with Gasteiger partial charge < -0.3 is 15.2 Å². The average Bonchev–Trinajstić information content (AvgIpc) is 3.26. The molecule has 0 unspecified atom stereocenters. The van der Waals surface area contributed by atoms with Crippen LogP contribution in [0.1, 0.15) is 34.3 Å². The molecule has 3 aromatic carbocycles. The lowest BCUT2D eigenvalue weighted by molar-refractivity contribution is 0.0576. The Bertz CT molecular complexity index is 1270. The molecule has 2 N–H and O–H groups in total. The van der Waals surface area contributed by atoms with Gasteiger partial charge >= 0.3 is 0 Å². The summed E-state index contributed by atoms with van der Waals surface area (Å²) in [7, 11) is 0. The van der Waals surface area contributed by atoms with Gasteiger partial charge in [0, 0.05) is 57.9 Å². The summed E-state index contributed by atoms with van der Waals surface area (Å²) in [5, 5.41) is 5.96. The lowest BCUT2D eigenvalue weighted by Gasteiger charge is -2.40. The number of benzene rings is 3. The second kappa shape index (κ2) is 10.2. The van der Waals surface area contributed by atoms with Crippen LogP contribution < -0.4 is 5.32 Å². The monoisotopic (exact) mass is 491 g/mol. The fourth-order valence-electron chi connectivity index (χ4n) is 4.96. The third kappa shape index (κ3) is 5.15. The van der Waals surface area contributed by atoms with Crippen molar-refractivity contribution in [2.75, 3.05) is 6.54 Å². The number of carbonyl (C=O) groups is 1. The normalized spacial score (nSPS) is 18.4. The highest BCUT2D eigenvalue weighted by atomic mass is 35.5. The van der Waals surface area contributed by atoms with E-state index in [0.29, 0.717) is 28.2 Å². The van der Waals surface area contributed by atoms with Crippen molar-refractivity contribution in [2.24, 2.45) is 0 Å². The van der Waals surface area contributed by atoms with Crippen molar-refractivity contribution in [1.29, 1.82) is 0 Å². The number of aromatic nitrogens is 1. The molecule has 0 bridgehead atoms. The van der Waals surface area contributed by atoms with Gasteiger partial charge in [-0.25, -0.2) is 0 Å². The molecular weight excluding hydrogens is 465 g/mol. The zero-order valence-corrected chi connectivity index (χ0v) is 20.3. The van der Waals surface area contributed by atoms with Gasteiger partial charge in [0.05, 0.1) is 0 Å². The number of aromatic amines is 1. The van der Waals surface area contributed by atoms with Gasteiger partial charge in [0.2, 0.25) is 0 Å². The maximum Gasteiger partial charge on any atom is 0.254 e. The quantitative estimate of drug-likeness (QED) is 0.324. The molecule has 1 amide bonds. The van der Waals surface area contributed by atoms with Crippen molar-refractivity contribution in [3.8, 4) is 0 Å². The summed E-state index contributed by atoms with van der Waals surface area (Å²) in [6.45, 7) is 1.48. The number of hydrogen-bond donors (Lipinski definition) is 2. The van der Waals surface area contributed by atoms with E-state index in [-0.39, 0.29) is 11.9 Å². The van der Waals surface area contributed by atoms with Crippen LogP contribution in [0.3, 0.4) is 0 Å². The Labute approximate surface area is 209 Å². The number of nitrogens with zero attached hydrogens (tertiary/aromatic N) is 1. The van der Waals surface area contributed by atoms with Crippen LogP contribution in [0.2, 0.25) is 10.0 Å². The summed E-state index contributed by atoms with van der Waals surface area (Å²) in [5.41, 5.74) is 4.19. The minimum atomic E-state index is -0.0135. The fraction of sp³-hybridized carbons (Fsp3) is 0.250. The summed E-state index contributed by atoms with van der Waals surface area (Å²) in [4.78, 5) is 18.8. The first-order chi connectivity index (χ1) is 16.6. The van der Waals surface area contributed by atoms with Crippen molar-refractivity contribution >= 4 is 40.0 Å². The van der Waals surface area contributed by atoms with Gasteiger partial charge in [-0.15, -0.1) is 0 Å². The summed E-state index contributed by atoms with van der Waals surface area (Å²) in [5.74, 6) is -0.0135. The predicted molar refractivity (Wildman–Crippen MR) is 140 cm³/mol. The number of para-hydroxylation sites is 1. The van der Waals surface area contributed by atoms with Crippen LogP contribution >= 0.6 is 23.2 Å². The molecule has 0 aliphatic carbocycles. The van der Waals surface area contributed by atoms with Crippen molar-refractivity contribution in [2.45, 2.75) is 37.9 Å². The smallest absolute Gasteiger partial charge is 0.254 e. The molecule has 2 heterocycles. The van der Waals surface area contributed by atoms with E-state index in [2.05, 4.69) is 46.8 Å². The highest BCUT2D eigenvalue weighted by Gasteiger charge is 2.32. The van der Waals surface area contributed by atoms with Crippen LogP contribution in [0, 0.1) is 0 Å². The number of piperidine rings is 1. The van der Waals surface area contributed by atoms with Crippen molar-refractivity contribution in [1.82, 2.24) is 15.2 Å². The van der Waals surface area contributed by atoms with Gasteiger partial charge in [-0.2, -0.15) is 0 Å². The van der Waals surface area contributed by atoms with Crippen molar-refractivity contribution < 1.29 is 4.79 Å². The molecule has 1 fully saturated rings. The standard InChI is InChI=1S/C28H27Cl2N3O/c29-22-13-20(14-23(30)15-22)28(34)33-11-10-24(16-25(33)12-19-6-2-1-3-7-19)31-17-21-18-32-27-9-5-4-8-26(21)27/h1-9,13-15,18,24-25,31-32H,10-12,16-17H2/t24-,25-/m0/s1. The molecule has 2 atom stereocenters. The fourth-order valence-corrected chi connectivity index (χ4v) is 5.48. The second-order valence-electron chi connectivity index (χ2n) is 8.96. The Morgan fingerprint density at radius 1 is 1.00 bits per heavy atom. The zero-order chi connectivity index (χ0) is 23.5. The van der Waals surface area contributed by atoms with Gasteiger partial charge in [-0.1, -0.05) is 71.7 Å². The number of fused-ring (bicyclic) bond motifs is 1. The molecule has 1 aliphatic rings. The molecule has 174 valence electrons. The predicted octanol–water partition coefficient (Wildman–Crippen LogP) is 6.48. The van der Waals surface area contributed by atoms with Crippen LogP contribution in [-0.2, 0) is 13.0 Å². The van der Waals surface area contributed by atoms with Gasteiger partial charge in [0.1, 0.15) is 0 Å². The van der Waals surface area contributed by atoms with Gasteiger partial charge in [-0.3, -0.25) is 4.79 Å². The molecule has 4 aromatic rings. The van der Waals surface area contributed by atoms with E-state index in [9.17, 15) is 4.79 Å². The number of likely N-dealkylation sites (tertiary alicyclic amines) is 1. The minimum absolute atomic E-state index is 0.0135. The van der Waals surface area contributed by atoms with Crippen LogP contribution in [0.25, 0.3) is 10.9 Å². The molecule has 34 heavy (non-hydrogen) atoms.